The van der Waals surface area contributed by atoms with Crippen LogP contribution >= 0.6 is 0 Å². The minimum atomic E-state index is 0. The molecule has 0 atom stereocenters. The van der Waals surface area contributed by atoms with E-state index >= 15 is 0 Å². The third-order valence-corrected chi connectivity index (χ3v) is 2.97. The minimum absolute atomic E-state index is 0. The smallest absolute Gasteiger partial charge is 1.00 e. The van der Waals surface area contributed by atoms with Crippen LogP contribution in [0.3, 0.4) is 0 Å². The molecule has 2 aliphatic rings. The van der Waals surface area contributed by atoms with E-state index in [-0.39, 0.29) is 35.6 Å². The quantitative estimate of drug-likeness (QED) is 0.583. The molecule has 2 aliphatic carbocycles. The van der Waals surface area contributed by atoms with E-state index in [4.69, 9.17) is 0 Å². The van der Waals surface area contributed by atoms with Gasteiger partial charge in [0.05, 0.1) is 0 Å². The zero-order valence-electron chi connectivity index (χ0n) is 15.4. The van der Waals surface area contributed by atoms with Crippen molar-refractivity contribution in [2.75, 3.05) is 0 Å². The Morgan fingerprint density at radius 2 is 1.04 bits per heavy atom. The summed E-state index contributed by atoms with van der Waals surface area (Å²) in [5, 5.41) is 0. The Kier molecular flexibility index (Phi) is 14.5. The second-order valence-corrected chi connectivity index (χ2v) is 8.09. The first kappa shape index (κ1) is 27.5. The molecule has 0 N–H and O–H groups in total. The topological polar surface area (TPSA) is 0 Å². The van der Waals surface area contributed by atoms with Crippen molar-refractivity contribution in [3.8, 4) is 0 Å². The molecule has 2 rings (SSSR count). The first-order valence-corrected chi connectivity index (χ1v) is 7.68. The summed E-state index contributed by atoms with van der Waals surface area (Å²) in [6.45, 7) is 13.5. The molecule has 0 saturated heterocycles. The Morgan fingerprint density at radius 3 is 1.22 bits per heavy atom. The van der Waals surface area contributed by atoms with Crippen LogP contribution in [0.5, 0.6) is 0 Å². The predicted octanol–water partition coefficient (Wildman–Crippen LogP) is 0.230. The van der Waals surface area contributed by atoms with Crippen molar-refractivity contribution in [3.63, 3.8) is 0 Å². The standard InChI is InChI=1S/2C10H15.2FH.Zr/c2*1-10(2,3)8-9-6-4-5-7-9;;;/h2*4,6H,5,8H2,1-3H3;2*1H;/q2*-1;;;+4/p-2. The SMILES string of the molecule is CC(C)(C)CC1=[C-]CC=C1.CC(C)(C)CC1=[C-]CC=C1.[F-].[F-].[Zr+4]. The summed E-state index contributed by atoms with van der Waals surface area (Å²) in [6.07, 6.45) is 19.7. The number of hydrogen-bond donors (Lipinski definition) is 0. The maximum Gasteiger partial charge on any atom is 4.00 e. The van der Waals surface area contributed by atoms with Gasteiger partial charge in [-0.15, -0.1) is 12.8 Å². The second kappa shape index (κ2) is 12.1. The summed E-state index contributed by atoms with van der Waals surface area (Å²) < 4.78 is 0. The van der Waals surface area contributed by atoms with Gasteiger partial charge in [0.25, 0.3) is 0 Å². The van der Waals surface area contributed by atoms with Gasteiger partial charge in [0.1, 0.15) is 0 Å². The molecule has 0 radical (unpaired) electrons. The van der Waals surface area contributed by atoms with Gasteiger partial charge in [0.15, 0.2) is 0 Å². The Hall–Kier alpha value is -0.297. The normalized spacial score (nSPS) is 15.4. The third-order valence-electron chi connectivity index (χ3n) is 2.97. The molecule has 0 aromatic rings. The van der Waals surface area contributed by atoms with Gasteiger partial charge < -0.3 is 9.41 Å². The zero-order valence-corrected chi connectivity index (χ0v) is 17.9. The molecule has 0 heterocycles. The third kappa shape index (κ3) is 15.0. The minimum Gasteiger partial charge on any atom is -1.00 e. The second-order valence-electron chi connectivity index (χ2n) is 8.09. The van der Waals surface area contributed by atoms with Crippen molar-refractivity contribution < 1.29 is 35.6 Å². The van der Waals surface area contributed by atoms with Gasteiger partial charge in [-0.2, -0.15) is 12.2 Å². The molecule has 0 saturated carbocycles. The molecule has 0 bridgehead atoms. The molecule has 0 aromatic heterocycles. The summed E-state index contributed by atoms with van der Waals surface area (Å²) in [5.74, 6) is 0. The van der Waals surface area contributed by atoms with Crippen LogP contribution in [0.1, 0.15) is 67.2 Å². The molecular formula is C20H30F2Zr. The molecule has 0 nitrogen and oxygen atoms in total. The predicted molar refractivity (Wildman–Crippen MR) is 89.2 cm³/mol. The van der Waals surface area contributed by atoms with Crippen LogP contribution in [-0.4, -0.2) is 0 Å². The molecule has 3 heteroatoms. The van der Waals surface area contributed by atoms with E-state index in [9.17, 15) is 0 Å². The zero-order chi connectivity index (χ0) is 15.2. The van der Waals surface area contributed by atoms with E-state index in [2.05, 4.69) is 78.0 Å². The molecule has 0 aromatic carbocycles. The van der Waals surface area contributed by atoms with E-state index in [1.807, 2.05) is 0 Å². The van der Waals surface area contributed by atoms with Crippen LogP contribution in [0, 0.1) is 23.0 Å². The van der Waals surface area contributed by atoms with Gasteiger partial charge >= 0.3 is 26.2 Å². The number of hydrogen-bond acceptors (Lipinski definition) is 0. The summed E-state index contributed by atoms with van der Waals surface area (Å²) >= 11 is 0. The van der Waals surface area contributed by atoms with Crippen LogP contribution in [0.25, 0.3) is 0 Å². The average molecular weight is 400 g/mol. The largest absolute Gasteiger partial charge is 4.00 e. The van der Waals surface area contributed by atoms with Crippen LogP contribution in [0.15, 0.2) is 35.5 Å². The molecule has 128 valence electrons. The maximum absolute atomic E-state index is 3.32. The van der Waals surface area contributed by atoms with Gasteiger partial charge in [0.2, 0.25) is 0 Å². The van der Waals surface area contributed by atoms with Crippen molar-refractivity contribution in [2.24, 2.45) is 10.8 Å². The van der Waals surface area contributed by atoms with Gasteiger partial charge in [-0.3, -0.25) is 12.2 Å². The van der Waals surface area contributed by atoms with E-state index in [0.717, 1.165) is 25.7 Å². The van der Waals surface area contributed by atoms with Gasteiger partial charge in [0, 0.05) is 0 Å². The van der Waals surface area contributed by atoms with Crippen LogP contribution in [-0.2, 0) is 26.2 Å². The Labute approximate surface area is 161 Å². The van der Waals surface area contributed by atoms with Gasteiger partial charge in [-0.1, -0.05) is 54.4 Å². The molecule has 0 fully saturated rings. The number of halogens is 2. The fourth-order valence-corrected chi connectivity index (χ4v) is 2.29. The average Bonchev–Trinajstić information content (AvgIpc) is 2.87. The summed E-state index contributed by atoms with van der Waals surface area (Å²) in [6, 6.07) is 0. The monoisotopic (exact) mass is 398 g/mol. The Morgan fingerprint density at radius 1 is 0.739 bits per heavy atom. The first-order chi connectivity index (χ1) is 9.16. The van der Waals surface area contributed by atoms with Crippen molar-refractivity contribution in [2.45, 2.75) is 67.2 Å². The van der Waals surface area contributed by atoms with Crippen molar-refractivity contribution in [1.29, 1.82) is 0 Å². The molecule has 0 spiro atoms. The van der Waals surface area contributed by atoms with E-state index in [1.54, 1.807) is 0 Å². The van der Waals surface area contributed by atoms with Crippen molar-refractivity contribution in [3.05, 3.63) is 47.6 Å². The summed E-state index contributed by atoms with van der Waals surface area (Å²) in [7, 11) is 0. The number of allylic oxidation sites excluding steroid dienone is 8. The van der Waals surface area contributed by atoms with Crippen LogP contribution < -0.4 is 9.41 Å². The molecular weight excluding hydrogens is 369 g/mol. The summed E-state index contributed by atoms with van der Waals surface area (Å²) in [4.78, 5) is 0. The maximum atomic E-state index is 3.32. The first-order valence-electron chi connectivity index (χ1n) is 7.68. The van der Waals surface area contributed by atoms with Crippen LogP contribution in [0.2, 0.25) is 0 Å². The molecule has 0 unspecified atom stereocenters. The Balaban J connectivity index is -0.000000308. The van der Waals surface area contributed by atoms with Crippen LogP contribution in [0.4, 0.5) is 0 Å². The van der Waals surface area contributed by atoms with Gasteiger partial charge in [-0.05, 0) is 10.8 Å². The van der Waals surface area contributed by atoms with E-state index < -0.39 is 0 Å². The van der Waals surface area contributed by atoms with Crippen molar-refractivity contribution >= 4 is 0 Å². The van der Waals surface area contributed by atoms with E-state index in [0.29, 0.717) is 10.8 Å². The number of rotatable bonds is 2. The Bertz CT molecular complexity index is 388. The van der Waals surface area contributed by atoms with Crippen molar-refractivity contribution in [1.82, 2.24) is 0 Å². The molecule has 0 aliphatic heterocycles. The molecule has 23 heavy (non-hydrogen) atoms. The fraction of sp³-hybridized carbons (Fsp3) is 0.600. The van der Waals surface area contributed by atoms with Gasteiger partial charge in [-0.25, -0.2) is 23.3 Å². The molecule has 0 amide bonds. The fourth-order valence-electron chi connectivity index (χ4n) is 2.29. The van der Waals surface area contributed by atoms with E-state index in [1.165, 1.54) is 11.1 Å². The summed E-state index contributed by atoms with van der Waals surface area (Å²) in [5.41, 5.74) is 3.59.